The van der Waals surface area contributed by atoms with E-state index in [0.29, 0.717) is 0 Å². The highest BCUT2D eigenvalue weighted by molar-refractivity contribution is 5.93. The van der Waals surface area contributed by atoms with E-state index in [4.69, 9.17) is 0 Å². The van der Waals surface area contributed by atoms with Crippen LogP contribution in [0, 0.1) is 13.8 Å². The second-order valence-electron chi connectivity index (χ2n) is 3.22. The fraction of sp³-hybridized carbons (Fsp3) is 0.444. The summed E-state index contributed by atoms with van der Waals surface area (Å²) in [5.74, 6) is 2.36. The number of halogens is 1. The average molecular weight is 228 g/mol. The van der Waals surface area contributed by atoms with Crippen molar-refractivity contribution in [3.63, 3.8) is 0 Å². The summed E-state index contributed by atoms with van der Waals surface area (Å²) in [4.78, 5) is 12.7. The first-order chi connectivity index (χ1) is 6.74. The van der Waals surface area contributed by atoms with Gasteiger partial charge in [-0.05, 0) is 13.8 Å². The summed E-state index contributed by atoms with van der Waals surface area (Å²) >= 11 is 0. The first-order valence-electron chi connectivity index (χ1n) is 4.62. The molecule has 0 amide bonds. The average Bonchev–Trinajstić information content (AvgIpc) is 2.54. The maximum atomic E-state index is 4.25. The van der Waals surface area contributed by atoms with E-state index in [-0.39, 0.29) is 12.4 Å². The van der Waals surface area contributed by atoms with E-state index >= 15 is 0 Å². The van der Waals surface area contributed by atoms with Gasteiger partial charge in [-0.25, -0.2) is 9.97 Å². The molecule has 0 radical (unpaired) electrons. The highest BCUT2D eigenvalue weighted by atomic mass is 35.5. The predicted octanol–water partition coefficient (Wildman–Crippen LogP) is 0.886. The Labute approximate surface area is 94.8 Å². The zero-order valence-electron chi connectivity index (χ0n) is 8.74. The Balaban J connectivity index is 0.00000112. The minimum Gasteiger partial charge on any atom is -0.354 e. The molecule has 1 aromatic heterocycles. The van der Waals surface area contributed by atoms with Crippen LogP contribution in [0.2, 0.25) is 0 Å². The predicted molar refractivity (Wildman–Crippen MR) is 62.7 cm³/mol. The monoisotopic (exact) mass is 227 g/mol. The van der Waals surface area contributed by atoms with Crippen molar-refractivity contribution >= 4 is 24.2 Å². The van der Waals surface area contributed by atoms with Gasteiger partial charge < -0.3 is 10.6 Å². The summed E-state index contributed by atoms with van der Waals surface area (Å²) in [7, 11) is 0. The Bertz CT molecular complexity index is 357. The topological polar surface area (TPSA) is 62.2 Å². The van der Waals surface area contributed by atoms with Crippen molar-refractivity contribution in [2.24, 2.45) is 4.99 Å². The molecule has 0 saturated carbocycles. The molecule has 0 spiro atoms. The summed E-state index contributed by atoms with van der Waals surface area (Å²) in [6.45, 7) is 5.54. The third-order valence-electron chi connectivity index (χ3n) is 1.89. The van der Waals surface area contributed by atoms with Crippen LogP contribution >= 0.6 is 12.4 Å². The fourth-order valence-corrected chi connectivity index (χ4v) is 1.38. The molecule has 82 valence electrons. The molecule has 0 atom stereocenters. The quantitative estimate of drug-likeness (QED) is 0.748. The number of aliphatic imine (C=N–C) groups is 1. The van der Waals surface area contributed by atoms with E-state index in [1.807, 2.05) is 19.9 Å². The molecule has 6 heteroatoms. The molecule has 0 saturated heterocycles. The highest BCUT2D eigenvalue weighted by Gasteiger charge is 2.06. The molecule has 2 heterocycles. The van der Waals surface area contributed by atoms with Gasteiger partial charge in [0.2, 0.25) is 0 Å². The molecule has 0 aliphatic carbocycles. The van der Waals surface area contributed by atoms with Crippen LogP contribution in [-0.2, 0) is 0 Å². The Morgan fingerprint density at radius 1 is 1.33 bits per heavy atom. The molecule has 0 aromatic carbocycles. The van der Waals surface area contributed by atoms with Crippen LogP contribution in [0.1, 0.15) is 11.5 Å². The Kier molecular flexibility index (Phi) is 3.85. The second-order valence-corrected chi connectivity index (χ2v) is 3.22. The van der Waals surface area contributed by atoms with Crippen molar-refractivity contribution in [1.29, 1.82) is 0 Å². The number of nitrogens with one attached hydrogen (secondary N) is 2. The number of anilines is 1. The van der Waals surface area contributed by atoms with Gasteiger partial charge >= 0.3 is 0 Å². The largest absolute Gasteiger partial charge is 0.354 e. The summed E-state index contributed by atoms with van der Waals surface area (Å²) in [6, 6.07) is 1.90. The standard InChI is InChI=1S/C9H13N5.ClH/c1-6-5-8(13-7(2)12-6)14-9-10-3-4-11-9;/h5H,3-4H2,1-2H3,(H2,10,11,12,13,14);1H. The van der Waals surface area contributed by atoms with Gasteiger partial charge in [0.25, 0.3) is 0 Å². The van der Waals surface area contributed by atoms with Gasteiger partial charge in [0.1, 0.15) is 11.6 Å². The lowest BCUT2D eigenvalue weighted by molar-refractivity contribution is 0.957. The molecule has 0 unspecified atom stereocenters. The summed E-state index contributed by atoms with van der Waals surface area (Å²) in [6.07, 6.45) is 0. The molecule has 1 aliphatic rings. The van der Waals surface area contributed by atoms with Crippen LogP contribution in [0.4, 0.5) is 5.82 Å². The van der Waals surface area contributed by atoms with Gasteiger partial charge in [0.15, 0.2) is 5.96 Å². The molecule has 1 aliphatic heterocycles. The summed E-state index contributed by atoms with van der Waals surface area (Å²) < 4.78 is 0. The normalized spacial score (nSPS) is 13.9. The first-order valence-corrected chi connectivity index (χ1v) is 4.62. The van der Waals surface area contributed by atoms with Gasteiger partial charge in [-0.1, -0.05) is 0 Å². The van der Waals surface area contributed by atoms with E-state index in [1.165, 1.54) is 0 Å². The second kappa shape index (κ2) is 4.93. The molecule has 0 bridgehead atoms. The van der Waals surface area contributed by atoms with Crippen molar-refractivity contribution in [2.75, 3.05) is 18.4 Å². The maximum absolute atomic E-state index is 4.25. The molecule has 5 nitrogen and oxygen atoms in total. The highest BCUT2D eigenvalue weighted by Crippen LogP contribution is 2.05. The van der Waals surface area contributed by atoms with Crippen molar-refractivity contribution in [3.05, 3.63) is 17.6 Å². The smallest absolute Gasteiger partial charge is 0.197 e. The van der Waals surface area contributed by atoms with Gasteiger partial charge in [0.05, 0.1) is 6.54 Å². The van der Waals surface area contributed by atoms with E-state index in [9.17, 15) is 0 Å². The van der Waals surface area contributed by atoms with Crippen molar-refractivity contribution in [2.45, 2.75) is 13.8 Å². The summed E-state index contributed by atoms with van der Waals surface area (Å²) in [5, 5.41) is 6.23. The number of aromatic nitrogens is 2. The van der Waals surface area contributed by atoms with Crippen LogP contribution in [-0.4, -0.2) is 29.0 Å². The minimum absolute atomic E-state index is 0. The maximum Gasteiger partial charge on any atom is 0.197 e. The van der Waals surface area contributed by atoms with Crippen LogP contribution in [0.25, 0.3) is 0 Å². The Morgan fingerprint density at radius 3 is 2.73 bits per heavy atom. The van der Waals surface area contributed by atoms with Gasteiger partial charge in [0, 0.05) is 18.3 Å². The number of nitrogens with zero attached hydrogens (tertiary/aromatic N) is 3. The molecule has 2 N–H and O–H groups in total. The zero-order chi connectivity index (χ0) is 9.97. The lowest BCUT2D eigenvalue weighted by atomic mass is 10.4. The van der Waals surface area contributed by atoms with Crippen molar-refractivity contribution in [3.8, 4) is 0 Å². The Hall–Kier alpha value is -1.36. The van der Waals surface area contributed by atoms with Crippen LogP contribution in [0.15, 0.2) is 11.1 Å². The van der Waals surface area contributed by atoms with Crippen LogP contribution < -0.4 is 10.6 Å². The van der Waals surface area contributed by atoms with E-state index in [1.54, 1.807) is 0 Å². The van der Waals surface area contributed by atoms with E-state index in [0.717, 1.165) is 36.4 Å². The Morgan fingerprint density at radius 2 is 2.13 bits per heavy atom. The third kappa shape index (κ3) is 3.06. The number of hydrogen-bond acceptors (Lipinski definition) is 5. The lowest BCUT2D eigenvalue weighted by Gasteiger charge is -2.06. The molecule has 15 heavy (non-hydrogen) atoms. The number of aryl methyl sites for hydroxylation is 2. The molecular formula is C9H14ClN5. The lowest BCUT2D eigenvalue weighted by Crippen LogP contribution is -2.26. The molecule has 1 aromatic rings. The SMILES string of the molecule is Cc1cc(NC2=NCCN2)nc(C)n1.Cl. The van der Waals surface area contributed by atoms with E-state index < -0.39 is 0 Å². The van der Waals surface area contributed by atoms with Gasteiger partial charge in [-0.3, -0.25) is 4.99 Å². The number of rotatable bonds is 1. The molecule has 0 fully saturated rings. The van der Waals surface area contributed by atoms with Crippen LogP contribution in [0.5, 0.6) is 0 Å². The summed E-state index contributed by atoms with van der Waals surface area (Å²) in [5.41, 5.74) is 0.957. The van der Waals surface area contributed by atoms with Crippen LogP contribution in [0.3, 0.4) is 0 Å². The number of hydrogen-bond donors (Lipinski definition) is 2. The zero-order valence-corrected chi connectivity index (χ0v) is 9.56. The fourth-order valence-electron chi connectivity index (χ4n) is 1.38. The third-order valence-corrected chi connectivity index (χ3v) is 1.89. The van der Waals surface area contributed by atoms with Crippen molar-refractivity contribution < 1.29 is 0 Å². The number of guanidine groups is 1. The first kappa shape index (κ1) is 11.7. The molecular weight excluding hydrogens is 214 g/mol. The molecule has 2 rings (SSSR count). The minimum atomic E-state index is 0. The van der Waals surface area contributed by atoms with Gasteiger partial charge in [-0.2, -0.15) is 0 Å². The van der Waals surface area contributed by atoms with Crippen molar-refractivity contribution in [1.82, 2.24) is 15.3 Å². The van der Waals surface area contributed by atoms with Gasteiger partial charge in [-0.15, -0.1) is 12.4 Å². The van der Waals surface area contributed by atoms with E-state index in [2.05, 4.69) is 25.6 Å².